The molecule has 1 aliphatic rings. The van der Waals surface area contributed by atoms with E-state index in [9.17, 15) is 9.59 Å². The summed E-state index contributed by atoms with van der Waals surface area (Å²) in [6.45, 7) is 8.42. The Kier molecular flexibility index (Phi) is 12.4. The minimum absolute atomic E-state index is 0.110. The Balaban J connectivity index is 0.00000245. The van der Waals surface area contributed by atoms with Crippen LogP contribution in [0.4, 0.5) is 22.7 Å². The van der Waals surface area contributed by atoms with Gasteiger partial charge in [0, 0.05) is 17.1 Å². The highest BCUT2D eigenvalue weighted by molar-refractivity contribution is 14.1. The fourth-order valence-electron chi connectivity index (χ4n) is 6.93. The summed E-state index contributed by atoms with van der Waals surface area (Å²) in [6, 6.07) is 52.6. The minimum atomic E-state index is -0.307. The average Bonchev–Trinajstić information content (AvgIpc) is 3.47. The van der Waals surface area contributed by atoms with E-state index in [0.717, 1.165) is 39.3 Å². The van der Waals surface area contributed by atoms with E-state index in [1.807, 2.05) is 126 Å². The first kappa shape index (κ1) is 38.2. The summed E-state index contributed by atoms with van der Waals surface area (Å²) in [6.07, 6.45) is 4.12. The Morgan fingerprint density at radius 3 is 1.26 bits per heavy atom. The van der Waals surface area contributed by atoms with Crippen LogP contribution in [0.2, 0.25) is 0 Å². The third-order valence-electron chi connectivity index (χ3n) is 9.56. The summed E-state index contributed by atoms with van der Waals surface area (Å²) in [7, 11) is 0. The van der Waals surface area contributed by atoms with Gasteiger partial charge in [-0.2, -0.15) is 0 Å². The number of para-hydroxylation sites is 3. The SMILES string of the molecule is CC(C)c1cccc(C(C)C)c1N1C(=O)C(c2ccc(/C=C/c3ccccc3)cc2)=C(c2ccc(N(c3ccccc3)c3ccccc3)cc2)C1=O.CI. The number of hydrogen-bond acceptors (Lipinski definition) is 3. The van der Waals surface area contributed by atoms with Gasteiger partial charge in [0.25, 0.3) is 11.8 Å². The molecule has 0 saturated heterocycles. The molecule has 0 atom stereocenters. The molecule has 0 fully saturated rings. The molecule has 0 aliphatic carbocycles. The van der Waals surface area contributed by atoms with Crippen LogP contribution in [0.3, 0.4) is 0 Å². The predicted molar refractivity (Wildman–Crippen MR) is 237 cm³/mol. The fraction of sp³-hybridized carbons (Fsp3) is 0.143. The van der Waals surface area contributed by atoms with Crippen LogP contribution < -0.4 is 9.80 Å². The summed E-state index contributed by atoms with van der Waals surface area (Å²) in [5.41, 5.74) is 9.97. The maximum absolute atomic E-state index is 14.9. The van der Waals surface area contributed by atoms with E-state index >= 15 is 0 Å². The number of imide groups is 1. The summed E-state index contributed by atoms with van der Waals surface area (Å²) in [5.74, 6) is -0.391. The molecule has 7 rings (SSSR count). The normalized spacial score (nSPS) is 12.9. The van der Waals surface area contributed by atoms with Gasteiger partial charge >= 0.3 is 0 Å². The van der Waals surface area contributed by atoms with E-state index < -0.39 is 0 Å². The number of carbonyl (C=O) groups is 2. The number of halogens is 1. The van der Waals surface area contributed by atoms with Crippen molar-refractivity contribution in [1.82, 2.24) is 0 Å². The fourth-order valence-corrected chi connectivity index (χ4v) is 6.93. The largest absolute Gasteiger partial charge is 0.311 e. The Bertz CT molecular complexity index is 2190. The second kappa shape index (κ2) is 17.5. The highest BCUT2D eigenvalue weighted by Gasteiger charge is 2.42. The third-order valence-corrected chi connectivity index (χ3v) is 9.56. The minimum Gasteiger partial charge on any atom is -0.311 e. The van der Waals surface area contributed by atoms with Crippen molar-refractivity contribution in [2.45, 2.75) is 39.5 Å². The topological polar surface area (TPSA) is 40.6 Å². The number of amides is 2. The van der Waals surface area contributed by atoms with Gasteiger partial charge in [-0.3, -0.25) is 9.59 Å². The van der Waals surface area contributed by atoms with E-state index in [1.54, 1.807) is 0 Å². The molecule has 0 N–H and O–H groups in total. The molecule has 2 amide bonds. The lowest BCUT2D eigenvalue weighted by Crippen LogP contribution is -2.33. The molecule has 4 nitrogen and oxygen atoms in total. The van der Waals surface area contributed by atoms with Crippen molar-refractivity contribution in [2.24, 2.45) is 0 Å². The van der Waals surface area contributed by atoms with Crippen LogP contribution in [0.15, 0.2) is 158 Å². The van der Waals surface area contributed by atoms with Gasteiger partial charge < -0.3 is 4.90 Å². The number of nitrogens with zero attached hydrogens (tertiary/aromatic N) is 2. The van der Waals surface area contributed by atoms with Crippen molar-refractivity contribution in [3.05, 3.63) is 191 Å². The van der Waals surface area contributed by atoms with Crippen LogP contribution >= 0.6 is 22.6 Å². The molecule has 0 aromatic heterocycles. The molecule has 6 aromatic rings. The maximum atomic E-state index is 14.9. The number of anilines is 4. The molecule has 0 spiro atoms. The Morgan fingerprint density at radius 1 is 0.463 bits per heavy atom. The van der Waals surface area contributed by atoms with Crippen LogP contribution in [-0.2, 0) is 9.59 Å². The lowest BCUT2D eigenvalue weighted by Gasteiger charge is -2.26. The van der Waals surface area contributed by atoms with Crippen LogP contribution in [0.1, 0.15) is 72.9 Å². The Morgan fingerprint density at radius 2 is 0.833 bits per heavy atom. The van der Waals surface area contributed by atoms with Crippen molar-refractivity contribution in [1.29, 1.82) is 0 Å². The van der Waals surface area contributed by atoms with E-state index in [0.29, 0.717) is 28.0 Å². The molecule has 54 heavy (non-hydrogen) atoms. The lowest BCUT2D eigenvalue weighted by molar-refractivity contribution is -0.119. The van der Waals surface area contributed by atoms with Crippen LogP contribution in [-0.4, -0.2) is 16.7 Å². The Hall–Kier alpha value is -5.53. The number of carbonyl (C=O) groups excluding carboxylic acids is 2. The number of rotatable bonds is 10. The third kappa shape index (κ3) is 8.02. The summed E-state index contributed by atoms with van der Waals surface area (Å²) in [4.78, 5) is 35.3. The van der Waals surface area contributed by atoms with Crippen LogP contribution in [0.5, 0.6) is 0 Å². The molecule has 6 aromatic carbocycles. The van der Waals surface area contributed by atoms with E-state index in [-0.39, 0.29) is 23.7 Å². The monoisotopic (exact) mass is 820 g/mol. The zero-order chi connectivity index (χ0) is 38.2. The summed E-state index contributed by atoms with van der Waals surface area (Å²) in [5, 5.41) is 0. The molecule has 270 valence electrons. The molecule has 0 saturated carbocycles. The molecular weight excluding hydrogens is 775 g/mol. The van der Waals surface area contributed by atoms with Gasteiger partial charge in [-0.1, -0.05) is 184 Å². The molecule has 1 aliphatic heterocycles. The highest BCUT2D eigenvalue weighted by Crippen LogP contribution is 2.44. The van der Waals surface area contributed by atoms with Gasteiger partial charge in [0.15, 0.2) is 0 Å². The van der Waals surface area contributed by atoms with Crippen LogP contribution in [0, 0.1) is 0 Å². The van der Waals surface area contributed by atoms with E-state index in [4.69, 9.17) is 0 Å². The van der Waals surface area contributed by atoms with E-state index in [1.165, 1.54) is 4.90 Å². The standard InChI is InChI=1S/C48H42N2O2.CH3I/c1-33(2)42-21-14-22-43(34(3)4)46(42)50-47(51)44(37-27-25-36(26-28-37)24-23-35-15-8-5-9-16-35)45(48(50)52)38-29-31-41(32-30-38)49(39-17-10-6-11-18-39)40-19-12-7-13-20-40;1-2/h5-34H,1-4H3;1H3/b24-23+;. The van der Waals surface area contributed by atoms with Gasteiger partial charge in [0.2, 0.25) is 0 Å². The zero-order valence-electron chi connectivity index (χ0n) is 31.4. The number of alkyl halides is 1. The Labute approximate surface area is 333 Å². The smallest absolute Gasteiger partial charge is 0.266 e. The van der Waals surface area contributed by atoms with Gasteiger partial charge in [-0.05, 0) is 86.5 Å². The molecule has 5 heteroatoms. The zero-order valence-corrected chi connectivity index (χ0v) is 33.6. The second-order valence-corrected chi connectivity index (χ2v) is 13.7. The first-order valence-electron chi connectivity index (χ1n) is 18.3. The summed E-state index contributed by atoms with van der Waals surface area (Å²) < 4.78 is 0. The predicted octanol–water partition coefficient (Wildman–Crippen LogP) is 13.1. The summed E-state index contributed by atoms with van der Waals surface area (Å²) >= 11 is 2.15. The van der Waals surface area contributed by atoms with Crippen molar-refractivity contribution in [3.8, 4) is 0 Å². The van der Waals surface area contributed by atoms with Crippen molar-refractivity contribution < 1.29 is 9.59 Å². The molecule has 0 bridgehead atoms. The second-order valence-electron chi connectivity index (χ2n) is 13.7. The van der Waals surface area contributed by atoms with Crippen molar-refractivity contribution in [2.75, 3.05) is 14.7 Å². The highest BCUT2D eigenvalue weighted by atomic mass is 127. The molecular formula is C49H45IN2O2. The first-order chi connectivity index (χ1) is 26.3. The lowest BCUT2D eigenvalue weighted by atomic mass is 9.91. The van der Waals surface area contributed by atoms with Gasteiger partial charge in [0.1, 0.15) is 0 Å². The maximum Gasteiger partial charge on any atom is 0.266 e. The van der Waals surface area contributed by atoms with Crippen molar-refractivity contribution >= 4 is 80.5 Å². The first-order valence-corrected chi connectivity index (χ1v) is 20.5. The molecule has 1 heterocycles. The number of benzene rings is 6. The van der Waals surface area contributed by atoms with Crippen molar-refractivity contribution in [3.63, 3.8) is 0 Å². The van der Waals surface area contributed by atoms with Gasteiger partial charge in [0.05, 0.1) is 16.8 Å². The molecule has 0 radical (unpaired) electrons. The van der Waals surface area contributed by atoms with Crippen LogP contribution in [0.25, 0.3) is 23.3 Å². The van der Waals surface area contributed by atoms with E-state index in [2.05, 4.69) is 104 Å². The molecule has 0 unspecified atom stereocenters. The average molecular weight is 821 g/mol. The van der Waals surface area contributed by atoms with Gasteiger partial charge in [-0.15, -0.1) is 0 Å². The van der Waals surface area contributed by atoms with Gasteiger partial charge in [-0.25, -0.2) is 4.90 Å². The quantitative estimate of drug-likeness (QED) is 0.0598. The number of hydrogen-bond donors (Lipinski definition) is 0.